The molecule has 32 heavy (non-hydrogen) atoms. The summed E-state index contributed by atoms with van der Waals surface area (Å²) in [4.78, 5) is 26.7. The topological polar surface area (TPSA) is 131 Å². The summed E-state index contributed by atoms with van der Waals surface area (Å²) in [7, 11) is 1.85. The summed E-state index contributed by atoms with van der Waals surface area (Å²) in [5.74, 6) is 1.26. The van der Waals surface area contributed by atoms with E-state index >= 15 is 0 Å². The molecule has 4 heterocycles. The third-order valence-electron chi connectivity index (χ3n) is 6.23. The molecule has 4 aromatic heterocycles. The second kappa shape index (κ2) is 8.36. The fourth-order valence-corrected chi connectivity index (χ4v) is 3.77. The highest BCUT2D eigenvalue weighted by atomic mass is 16.3. The highest BCUT2D eigenvalue weighted by Crippen LogP contribution is 2.29. The molecule has 10 heteroatoms. The van der Waals surface area contributed by atoms with Crippen LogP contribution in [0.5, 0.6) is 0 Å². The molecule has 0 aliphatic heterocycles. The first-order chi connectivity index (χ1) is 15.2. The smallest absolute Gasteiger partial charge is 0.333 e. The van der Waals surface area contributed by atoms with Crippen LogP contribution in [0.25, 0.3) is 27.9 Å². The van der Waals surface area contributed by atoms with Gasteiger partial charge in [-0.1, -0.05) is 13.8 Å². The number of H-pyrrole nitrogens is 1. The first kappa shape index (κ1) is 22.0. The van der Waals surface area contributed by atoms with Crippen molar-refractivity contribution in [1.82, 2.24) is 29.3 Å². The largest absolute Gasteiger partial charge is 0.390 e. The molecule has 0 fully saturated rings. The van der Waals surface area contributed by atoms with Crippen molar-refractivity contribution in [2.24, 2.45) is 18.7 Å². The van der Waals surface area contributed by atoms with Gasteiger partial charge in [0.05, 0.1) is 28.2 Å². The highest BCUT2D eigenvalue weighted by molar-refractivity contribution is 5.91. The molecule has 0 spiro atoms. The maximum Gasteiger partial charge on any atom is 0.333 e. The van der Waals surface area contributed by atoms with Gasteiger partial charge in [-0.2, -0.15) is 5.10 Å². The Morgan fingerprint density at radius 3 is 2.81 bits per heavy atom. The van der Waals surface area contributed by atoms with Crippen LogP contribution in [0.1, 0.15) is 27.2 Å². The summed E-state index contributed by atoms with van der Waals surface area (Å²) in [5.41, 5.74) is 6.77. The average Bonchev–Trinajstić information content (AvgIpc) is 3.29. The number of aromatic amines is 1. The lowest BCUT2D eigenvalue weighted by Gasteiger charge is -2.32. The number of imidazole rings is 1. The molecule has 4 N–H and O–H groups in total. The fraction of sp³-hybridized carbons (Fsp3) is 0.455. The monoisotopic (exact) mass is 438 g/mol. The van der Waals surface area contributed by atoms with Gasteiger partial charge in [0, 0.05) is 38.9 Å². The van der Waals surface area contributed by atoms with E-state index in [2.05, 4.69) is 20.0 Å². The first-order valence-electron chi connectivity index (χ1n) is 10.8. The summed E-state index contributed by atoms with van der Waals surface area (Å²) in [6.45, 7) is 7.40. The van der Waals surface area contributed by atoms with E-state index in [9.17, 15) is 9.90 Å². The number of fused-ring (bicyclic) bond motifs is 2. The van der Waals surface area contributed by atoms with Crippen molar-refractivity contribution in [3.63, 3.8) is 0 Å². The molecule has 1 unspecified atom stereocenters. The number of pyridine rings is 2. The van der Waals surface area contributed by atoms with Crippen LogP contribution in [0, 0.1) is 5.92 Å². The molecule has 0 amide bonds. The Bertz CT molecular complexity index is 1300. The van der Waals surface area contributed by atoms with Crippen LogP contribution in [0.3, 0.4) is 0 Å². The van der Waals surface area contributed by atoms with E-state index in [1.807, 2.05) is 40.0 Å². The lowest BCUT2D eigenvalue weighted by atomic mass is 9.89. The van der Waals surface area contributed by atoms with E-state index in [1.54, 1.807) is 23.1 Å². The van der Waals surface area contributed by atoms with Crippen LogP contribution in [-0.2, 0) is 7.05 Å². The number of hydrogen-bond donors (Lipinski definition) is 3. The number of hydrogen-bond acceptors (Lipinski definition) is 7. The number of aliphatic hydroxyl groups is 1. The number of nitrogens with zero attached hydrogens (tertiary/aromatic N) is 6. The summed E-state index contributed by atoms with van der Waals surface area (Å²) in [6.07, 6.45) is 3.95. The molecule has 0 radical (unpaired) electrons. The maximum atomic E-state index is 12.8. The number of aromatic nitrogens is 6. The Morgan fingerprint density at radius 1 is 1.31 bits per heavy atom. The molecule has 0 bridgehead atoms. The zero-order valence-corrected chi connectivity index (χ0v) is 18.9. The molecule has 170 valence electrons. The quantitative estimate of drug-likeness (QED) is 0.380. The molecule has 0 aromatic carbocycles. The van der Waals surface area contributed by atoms with Gasteiger partial charge in [0.1, 0.15) is 11.6 Å². The lowest BCUT2D eigenvalue weighted by Crippen LogP contribution is -2.39. The molecule has 0 aliphatic carbocycles. The Labute approximate surface area is 185 Å². The summed E-state index contributed by atoms with van der Waals surface area (Å²) in [5, 5.41) is 16.0. The molecule has 1 atom stereocenters. The van der Waals surface area contributed by atoms with Crippen LogP contribution in [0.15, 0.2) is 35.4 Å². The highest BCUT2D eigenvalue weighted by Gasteiger charge is 2.27. The van der Waals surface area contributed by atoms with Crippen LogP contribution in [0.2, 0.25) is 0 Å². The second-order valence-corrected chi connectivity index (χ2v) is 8.68. The van der Waals surface area contributed by atoms with Gasteiger partial charge in [0.2, 0.25) is 0 Å². The minimum Gasteiger partial charge on any atom is -0.390 e. The van der Waals surface area contributed by atoms with Gasteiger partial charge in [0.15, 0.2) is 5.65 Å². The average molecular weight is 439 g/mol. The Kier molecular flexibility index (Phi) is 5.74. The zero-order chi connectivity index (χ0) is 23.0. The number of aryl methyl sites for hydroxylation is 1. The summed E-state index contributed by atoms with van der Waals surface area (Å²) in [6, 6.07) is 5.45. The van der Waals surface area contributed by atoms with Crippen molar-refractivity contribution in [1.29, 1.82) is 0 Å². The van der Waals surface area contributed by atoms with Crippen LogP contribution in [0.4, 0.5) is 5.82 Å². The summed E-state index contributed by atoms with van der Waals surface area (Å²) < 4.78 is 3.27. The molecular formula is C22H30N8O2. The minimum atomic E-state index is -0.821. The number of rotatable bonds is 8. The molecule has 0 aliphatic rings. The molecule has 10 nitrogen and oxygen atoms in total. The van der Waals surface area contributed by atoms with E-state index in [-0.39, 0.29) is 11.6 Å². The van der Waals surface area contributed by atoms with Crippen molar-refractivity contribution in [2.45, 2.75) is 32.8 Å². The lowest BCUT2D eigenvalue weighted by molar-refractivity contribution is 0.00731. The van der Waals surface area contributed by atoms with Gasteiger partial charge in [-0.25, -0.2) is 19.3 Å². The van der Waals surface area contributed by atoms with Crippen molar-refractivity contribution in [3.05, 3.63) is 41.1 Å². The van der Waals surface area contributed by atoms with E-state index in [0.717, 1.165) is 10.9 Å². The van der Waals surface area contributed by atoms with Crippen molar-refractivity contribution in [2.75, 3.05) is 24.5 Å². The Morgan fingerprint density at radius 2 is 2.09 bits per heavy atom. The van der Waals surface area contributed by atoms with E-state index < -0.39 is 5.60 Å². The van der Waals surface area contributed by atoms with Crippen molar-refractivity contribution in [3.8, 4) is 5.82 Å². The third kappa shape index (κ3) is 3.87. The molecule has 0 saturated heterocycles. The van der Waals surface area contributed by atoms with E-state index in [0.29, 0.717) is 48.9 Å². The minimum absolute atomic E-state index is 0.109. The second-order valence-electron chi connectivity index (χ2n) is 8.68. The van der Waals surface area contributed by atoms with E-state index in [1.165, 1.54) is 4.57 Å². The zero-order valence-electron chi connectivity index (χ0n) is 18.9. The van der Waals surface area contributed by atoms with Gasteiger partial charge in [-0.3, -0.25) is 9.67 Å². The van der Waals surface area contributed by atoms with E-state index in [4.69, 9.17) is 10.7 Å². The SMILES string of the molecule is CC(C)C(C)(O)CCN(CCN)c1nc(-n2c(=O)[nH]c3ncccc32)cc2c1cnn2C. The predicted molar refractivity (Wildman–Crippen MR) is 125 cm³/mol. The fourth-order valence-electron chi connectivity index (χ4n) is 3.77. The molecule has 4 aromatic rings. The Hall–Kier alpha value is -3.24. The van der Waals surface area contributed by atoms with Gasteiger partial charge < -0.3 is 15.7 Å². The van der Waals surface area contributed by atoms with Gasteiger partial charge in [-0.15, -0.1) is 0 Å². The van der Waals surface area contributed by atoms with Crippen molar-refractivity contribution < 1.29 is 5.11 Å². The van der Waals surface area contributed by atoms with Crippen LogP contribution >= 0.6 is 0 Å². The summed E-state index contributed by atoms with van der Waals surface area (Å²) >= 11 is 0. The molecule has 0 saturated carbocycles. The van der Waals surface area contributed by atoms with Gasteiger partial charge in [-0.05, 0) is 31.4 Å². The van der Waals surface area contributed by atoms with Crippen molar-refractivity contribution >= 4 is 27.9 Å². The molecule has 4 rings (SSSR count). The third-order valence-corrected chi connectivity index (χ3v) is 6.23. The standard InChI is InChI=1S/C22H30N8O2/c1-14(2)22(3,32)7-10-29(11-8-23)20-15-13-25-28(4)17(15)12-18(26-20)30-16-6-5-9-24-19(16)27-21(30)31/h5-6,9,12-14,32H,7-8,10-11,23H2,1-4H3,(H,24,27,31). The van der Waals surface area contributed by atoms with Crippen LogP contribution < -0.4 is 16.3 Å². The number of nitrogens with one attached hydrogen (secondary N) is 1. The Balaban J connectivity index is 1.87. The van der Waals surface area contributed by atoms with Gasteiger partial charge in [0.25, 0.3) is 0 Å². The first-order valence-corrected chi connectivity index (χ1v) is 10.8. The van der Waals surface area contributed by atoms with Crippen LogP contribution in [-0.4, -0.2) is 59.6 Å². The maximum absolute atomic E-state index is 12.8. The molecular weight excluding hydrogens is 408 g/mol. The normalized spacial score (nSPS) is 13.8. The predicted octanol–water partition coefficient (Wildman–Crippen LogP) is 1.56. The van der Waals surface area contributed by atoms with Gasteiger partial charge >= 0.3 is 5.69 Å². The number of anilines is 1. The number of nitrogens with two attached hydrogens (primary N) is 1.